The Labute approximate surface area is 141 Å². The Balaban J connectivity index is 1.70. The minimum Gasteiger partial charge on any atom is -0.341 e. The number of aromatic nitrogens is 1. The predicted octanol–water partition coefficient (Wildman–Crippen LogP) is 4.69. The van der Waals surface area contributed by atoms with E-state index in [0.717, 1.165) is 40.3 Å². The number of halogens is 1. The van der Waals surface area contributed by atoms with Crippen LogP contribution in [0.1, 0.15) is 24.4 Å². The molecule has 1 aliphatic rings. The zero-order chi connectivity index (χ0) is 16.7. The van der Waals surface area contributed by atoms with Gasteiger partial charge >= 0.3 is 0 Å². The Bertz CT molecular complexity index is 910. The minimum atomic E-state index is -0.393. The van der Waals surface area contributed by atoms with Crippen molar-refractivity contribution in [1.82, 2.24) is 4.98 Å². The number of nitro benzene ring substituents is 1. The first-order valence-corrected chi connectivity index (χ1v) is 8.50. The monoisotopic (exact) mass is 343 g/mol. The second kappa shape index (κ2) is 5.83. The molecule has 122 valence electrons. The van der Waals surface area contributed by atoms with Crippen LogP contribution in [0.4, 0.5) is 15.2 Å². The fraction of sp³-hybridized carbons (Fsp3) is 0.235. The van der Waals surface area contributed by atoms with E-state index in [4.69, 9.17) is 0 Å². The molecule has 1 fully saturated rings. The lowest BCUT2D eigenvalue weighted by atomic mass is 10.1. The molecule has 0 radical (unpaired) electrons. The van der Waals surface area contributed by atoms with Crippen LogP contribution in [-0.2, 0) is 0 Å². The molecular weight excluding hydrogens is 329 g/mol. The van der Waals surface area contributed by atoms with Crippen LogP contribution in [-0.4, -0.2) is 16.5 Å². The largest absolute Gasteiger partial charge is 0.341 e. The average molecular weight is 343 g/mol. The molecule has 0 saturated carbocycles. The topological polar surface area (TPSA) is 59.3 Å². The first-order valence-electron chi connectivity index (χ1n) is 7.69. The molecule has 7 heteroatoms. The molecule has 1 saturated heterocycles. The van der Waals surface area contributed by atoms with Crippen molar-refractivity contribution in [2.45, 2.75) is 18.9 Å². The van der Waals surface area contributed by atoms with Gasteiger partial charge in [0.25, 0.3) is 5.69 Å². The molecule has 4 rings (SSSR count). The predicted molar refractivity (Wildman–Crippen MR) is 92.0 cm³/mol. The van der Waals surface area contributed by atoms with E-state index in [2.05, 4.69) is 9.88 Å². The van der Waals surface area contributed by atoms with Gasteiger partial charge in [0.1, 0.15) is 5.82 Å². The molecule has 0 amide bonds. The van der Waals surface area contributed by atoms with Crippen molar-refractivity contribution in [2.75, 3.05) is 11.4 Å². The van der Waals surface area contributed by atoms with Crippen molar-refractivity contribution in [3.05, 3.63) is 64.0 Å². The van der Waals surface area contributed by atoms with E-state index in [-0.39, 0.29) is 17.5 Å². The number of hydrogen-bond donors (Lipinski definition) is 0. The second-order valence-electron chi connectivity index (χ2n) is 5.81. The molecule has 1 aromatic heterocycles. The molecule has 0 aliphatic carbocycles. The van der Waals surface area contributed by atoms with Crippen molar-refractivity contribution in [2.24, 2.45) is 0 Å². The smallest absolute Gasteiger partial charge is 0.270 e. The number of thiazole rings is 1. The summed E-state index contributed by atoms with van der Waals surface area (Å²) < 4.78 is 14.0. The summed E-state index contributed by atoms with van der Waals surface area (Å²) >= 11 is 1.46. The van der Waals surface area contributed by atoms with Gasteiger partial charge in [-0.25, -0.2) is 9.37 Å². The summed E-state index contributed by atoms with van der Waals surface area (Å²) in [5.74, 6) is -0.240. The lowest BCUT2D eigenvalue weighted by Gasteiger charge is -2.24. The third-order valence-electron chi connectivity index (χ3n) is 4.32. The van der Waals surface area contributed by atoms with Crippen LogP contribution in [0, 0.1) is 15.9 Å². The van der Waals surface area contributed by atoms with Crippen molar-refractivity contribution in [1.29, 1.82) is 0 Å². The highest BCUT2D eigenvalue weighted by atomic mass is 32.1. The Morgan fingerprint density at radius 3 is 2.79 bits per heavy atom. The molecule has 0 bridgehead atoms. The Morgan fingerprint density at radius 1 is 1.25 bits per heavy atom. The van der Waals surface area contributed by atoms with Gasteiger partial charge < -0.3 is 4.90 Å². The van der Waals surface area contributed by atoms with Gasteiger partial charge in [-0.2, -0.15) is 0 Å². The normalized spacial score (nSPS) is 17.5. The van der Waals surface area contributed by atoms with Crippen LogP contribution in [0.25, 0.3) is 10.2 Å². The lowest BCUT2D eigenvalue weighted by molar-refractivity contribution is -0.384. The zero-order valence-corrected chi connectivity index (χ0v) is 13.5. The number of non-ortho nitro benzene ring substituents is 1. The molecule has 1 aliphatic heterocycles. The second-order valence-corrected chi connectivity index (χ2v) is 6.82. The van der Waals surface area contributed by atoms with Crippen LogP contribution in [0.3, 0.4) is 0 Å². The Morgan fingerprint density at radius 2 is 2.04 bits per heavy atom. The van der Waals surface area contributed by atoms with E-state index in [1.54, 1.807) is 12.1 Å². The SMILES string of the molecule is O=[N+]([O-])c1ccc2nc(N3CCCC3c3ccc(F)cc3)sc2c1. The molecule has 1 unspecified atom stereocenters. The molecule has 24 heavy (non-hydrogen) atoms. The van der Waals surface area contributed by atoms with Gasteiger partial charge in [-0.05, 0) is 36.6 Å². The standard InChI is InChI=1S/C17H14FN3O2S/c18-12-5-3-11(4-6-12)15-2-1-9-20(15)17-19-14-8-7-13(21(22)23)10-16(14)24-17/h3-8,10,15H,1-2,9H2. The van der Waals surface area contributed by atoms with E-state index in [1.807, 2.05) is 12.1 Å². The number of nitro groups is 1. The molecule has 0 N–H and O–H groups in total. The van der Waals surface area contributed by atoms with E-state index in [1.165, 1.54) is 29.5 Å². The number of fused-ring (bicyclic) bond motifs is 1. The summed E-state index contributed by atoms with van der Waals surface area (Å²) in [6, 6.07) is 11.5. The zero-order valence-electron chi connectivity index (χ0n) is 12.7. The molecule has 5 nitrogen and oxygen atoms in total. The van der Waals surface area contributed by atoms with E-state index < -0.39 is 4.92 Å². The summed E-state index contributed by atoms with van der Waals surface area (Å²) in [6.07, 6.45) is 2.03. The third kappa shape index (κ3) is 2.60. The molecule has 1 atom stereocenters. The minimum absolute atomic E-state index is 0.0780. The fourth-order valence-electron chi connectivity index (χ4n) is 3.16. The lowest BCUT2D eigenvalue weighted by Crippen LogP contribution is -2.22. The summed E-state index contributed by atoms with van der Waals surface area (Å²) in [5, 5.41) is 11.8. The Hall–Kier alpha value is -2.54. The van der Waals surface area contributed by atoms with Gasteiger partial charge in [0.15, 0.2) is 5.13 Å². The molecule has 2 aromatic carbocycles. The van der Waals surface area contributed by atoms with Gasteiger partial charge in [0, 0.05) is 18.7 Å². The van der Waals surface area contributed by atoms with Crippen molar-refractivity contribution in [3.8, 4) is 0 Å². The highest BCUT2D eigenvalue weighted by Crippen LogP contribution is 2.40. The number of hydrogen-bond acceptors (Lipinski definition) is 5. The van der Waals surface area contributed by atoms with Gasteiger partial charge in [0.05, 0.1) is 21.2 Å². The summed E-state index contributed by atoms with van der Waals surface area (Å²) in [7, 11) is 0. The fourth-order valence-corrected chi connectivity index (χ4v) is 4.24. The maximum atomic E-state index is 13.2. The summed E-state index contributed by atoms with van der Waals surface area (Å²) in [4.78, 5) is 17.4. The average Bonchev–Trinajstić information content (AvgIpc) is 3.21. The summed E-state index contributed by atoms with van der Waals surface area (Å²) in [6.45, 7) is 0.879. The van der Waals surface area contributed by atoms with Gasteiger partial charge in [0.2, 0.25) is 0 Å². The van der Waals surface area contributed by atoms with Gasteiger partial charge in [-0.15, -0.1) is 0 Å². The van der Waals surface area contributed by atoms with Crippen molar-refractivity contribution >= 4 is 32.4 Å². The number of anilines is 1. The van der Waals surface area contributed by atoms with Crippen LogP contribution in [0.2, 0.25) is 0 Å². The quantitative estimate of drug-likeness (QED) is 0.511. The maximum Gasteiger partial charge on any atom is 0.270 e. The number of nitrogens with zero attached hydrogens (tertiary/aromatic N) is 3. The van der Waals surface area contributed by atoms with Crippen LogP contribution < -0.4 is 4.90 Å². The number of rotatable bonds is 3. The maximum absolute atomic E-state index is 13.2. The van der Waals surface area contributed by atoms with Crippen molar-refractivity contribution in [3.63, 3.8) is 0 Å². The van der Waals surface area contributed by atoms with Gasteiger partial charge in [-0.3, -0.25) is 10.1 Å². The highest BCUT2D eigenvalue weighted by Gasteiger charge is 2.28. The molecule has 0 spiro atoms. The van der Waals surface area contributed by atoms with E-state index >= 15 is 0 Å². The first kappa shape index (κ1) is 15.0. The highest BCUT2D eigenvalue weighted by molar-refractivity contribution is 7.22. The molecular formula is C17H14FN3O2S. The first-order chi connectivity index (χ1) is 11.6. The number of benzene rings is 2. The third-order valence-corrected chi connectivity index (χ3v) is 5.38. The van der Waals surface area contributed by atoms with E-state index in [0.29, 0.717) is 0 Å². The van der Waals surface area contributed by atoms with Crippen LogP contribution in [0.15, 0.2) is 42.5 Å². The van der Waals surface area contributed by atoms with E-state index in [9.17, 15) is 14.5 Å². The summed E-state index contributed by atoms with van der Waals surface area (Å²) in [5.41, 5.74) is 1.92. The molecule has 3 aromatic rings. The van der Waals surface area contributed by atoms with Crippen molar-refractivity contribution < 1.29 is 9.31 Å². The Kier molecular flexibility index (Phi) is 3.65. The molecule has 2 heterocycles. The van der Waals surface area contributed by atoms with Gasteiger partial charge in [-0.1, -0.05) is 23.5 Å². The van der Waals surface area contributed by atoms with Crippen LogP contribution >= 0.6 is 11.3 Å². The van der Waals surface area contributed by atoms with Crippen LogP contribution in [0.5, 0.6) is 0 Å².